The van der Waals surface area contributed by atoms with E-state index in [1.54, 1.807) is 6.92 Å². The zero-order valence-corrected chi connectivity index (χ0v) is 11.2. The molecule has 0 unspecified atom stereocenters. The number of hydrogen-bond acceptors (Lipinski definition) is 4. The van der Waals surface area contributed by atoms with Gasteiger partial charge in [0, 0.05) is 6.54 Å². The second-order valence-electron chi connectivity index (χ2n) is 5.43. The van der Waals surface area contributed by atoms with Crippen molar-refractivity contribution in [3.8, 4) is 5.75 Å². The molecule has 2 N–H and O–H groups in total. The summed E-state index contributed by atoms with van der Waals surface area (Å²) in [6, 6.07) is 5.92. The highest BCUT2D eigenvalue weighted by Gasteiger charge is 2.32. The summed E-state index contributed by atoms with van der Waals surface area (Å²) in [5.41, 5.74) is 7.36. The van der Waals surface area contributed by atoms with Crippen molar-refractivity contribution in [1.29, 1.82) is 0 Å². The van der Waals surface area contributed by atoms with E-state index >= 15 is 0 Å². The molecule has 0 saturated heterocycles. The molecular weight excluding hydrogens is 228 g/mol. The van der Waals surface area contributed by atoms with E-state index in [0.29, 0.717) is 19.6 Å². The summed E-state index contributed by atoms with van der Waals surface area (Å²) in [6.07, 6.45) is 0. The minimum Gasteiger partial charge on any atom is -0.484 e. The molecule has 0 amide bonds. The summed E-state index contributed by atoms with van der Waals surface area (Å²) >= 11 is 0. The Balaban J connectivity index is 2.39. The van der Waals surface area contributed by atoms with Crippen LogP contribution in [0.3, 0.4) is 0 Å². The molecule has 18 heavy (non-hydrogen) atoms. The van der Waals surface area contributed by atoms with Gasteiger partial charge in [-0.05, 0) is 38.5 Å². The lowest BCUT2D eigenvalue weighted by molar-refractivity contribution is -0.115. The average Bonchev–Trinajstić information content (AvgIpc) is 2.25. The fourth-order valence-corrected chi connectivity index (χ4v) is 2.31. The van der Waals surface area contributed by atoms with Crippen LogP contribution in [0.4, 0.5) is 5.69 Å². The zero-order valence-electron chi connectivity index (χ0n) is 11.2. The van der Waals surface area contributed by atoms with Crippen molar-refractivity contribution in [2.75, 3.05) is 18.0 Å². The maximum Gasteiger partial charge on any atom is 0.149 e. The Bertz CT molecular complexity index is 469. The first kappa shape index (κ1) is 12.9. The Hall–Kier alpha value is -1.55. The van der Waals surface area contributed by atoms with E-state index in [1.165, 1.54) is 0 Å². The summed E-state index contributed by atoms with van der Waals surface area (Å²) in [7, 11) is 0. The molecular formula is C14H20N2O2. The van der Waals surface area contributed by atoms with Crippen molar-refractivity contribution in [3.63, 3.8) is 0 Å². The van der Waals surface area contributed by atoms with E-state index in [0.717, 1.165) is 17.0 Å². The number of carbonyl (C=O) groups is 1. The molecule has 1 heterocycles. The van der Waals surface area contributed by atoms with Crippen molar-refractivity contribution in [2.45, 2.75) is 32.9 Å². The van der Waals surface area contributed by atoms with Crippen LogP contribution in [0.5, 0.6) is 5.75 Å². The van der Waals surface area contributed by atoms with Gasteiger partial charge in [0.1, 0.15) is 17.1 Å². The number of anilines is 1. The molecule has 0 aromatic heterocycles. The van der Waals surface area contributed by atoms with Crippen molar-refractivity contribution >= 4 is 11.5 Å². The molecule has 98 valence electrons. The number of hydrogen-bond donors (Lipinski definition) is 1. The minimum atomic E-state index is -0.296. The molecule has 4 heteroatoms. The monoisotopic (exact) mass is 248 g/mol. The zero-order chi connectivity index (χ0) is 13.3. The third-order valence-electron chi connectivity index (χ3n) is 2.97. The number of Topliss-reactive ketones (excluding diaryl/α,β-unsaturated/α-hetero) is 1. The van der Waals surface area contributed by atoms with Gasteiger partial charge in [0.2, 0.25) is 0 Å². The smallest absolute Gasteiger partial charge is 0.149 e. The van der Waals surface area contributed by atoms with Gasteiger partial charge in [-0.2, -0.15) is 0 Å². The number of ketones is 1. The van der Waals surface area contributed by atoms with Crippen LogP contribution in [0, 0.1) is 0 Å². The van der Waals surface area contributed by atoms with Crippen LogP contribution in [-0.2, 0) is 11.3 Å². The molecule has 0 aliphatic carbocycles. The lowest BCUT2D eigenvalue weighted by Gasteiger charge is -2.40. The van der Waals surface area contributed by atoms with Gasteiger partial charge in [0.05, 0.1) is 18.8 Å². The van der Waals surface area contributed by atoms with Crippen LogP contribution >= 0.6 is 0 Å². The number of carbonyl (C=O) groups excluding carboxylic acids is 1. The normalized spacial score (nSPS) is 17.0. The lowest BCUT2D eigenvalue weighted by Crippen LogP contribution is -2.48. The van der Waals surface area contributed by atoms with E-state index in [1.807, 2.05) is 32.0 Å². The predicted molar refractivity (Wildman–Crippen MR) is 71.9 cm³/mol. The number of nitrogens with zero attached hydrogens (tertiary/aromatic N) is 1. The van der Waals surface area contributed by atoms with E-state index in [2.05, 4.69) is 4.90 Å². The first-order valence-electron chi connectivity index (χ1n) is 6.18. The number of fused-ring (bicyclic) bond motifs is 1. The van der Waals surface area contributed by atoms with Gasteiger partial charge in [-0.1, -0.05) is 6.07 Å². The molecule has 0 radical (unpaired) electrons. The second-order valence-corrected chi connectivity index (χ2v) is 5.43. The minimum absolute atomic E-state index is 0.154. The first-order chi connectivity index (χ1) is 8.41. The summed E-state index contributed by atoms with van der Waals surface area (Å²) in [4.78, 5) is 13.4. The maximum absolute atomic E-state index is 11.4. The Labute approximate surface area is 108 Å². The summed E-state index contributed by atoms with van der Waals surface area (Å²) in [5.74, 6) is 0.969. The molecule has 0 saturated carbocycles. The van der Waals surface area contributed by atoms with E-state index in [9.17, 15) is 4.79 Å². The topological polar surface area (TPSA) is 55.6 Å². The predicted octanol–water partition coefficient (Wildman–Crippen LogP) is 1.71. The van der Waals surface area contributed by atoms with Gasteiger partial charge in [0.15, 0.2) is 0 Å². The molecule has 1 aliphatic rings. The second kappa shape index (κ2) is 4.61. The lowest BCUT2D eigenvalue weighted by atomic mass is 10.0. The highest BCUT2D eigenvalue weighted by molar-refractivity contribution is 5.82. The quantitative estimate of drug-likeness (QED) is 0.884. The number of nitrogens with two attached hydrogens (primary N) is 1. The van der Waals surface area contributed by atoms with Crippen LogP contribution in [0.1, 0.15) is 26.3 Å². The molecule has 2 rings (SSSR count). The molecule has 0 bridgehead atoms. The van der Waals surface area contributed by atoms with Crippen LogP contribution < -0.4 is 15.4 Å². The largest absolute Gasteiger partial charge is 0.484 e. The van der Waals surface area contributed by atoms with Crippen molar-refractivity contribution in [3.05, 3.63) is 23.8 Å². The summed E-state index contributed by atoms with van der Waals surface area (Å²) in [5, 5.41) is 0. The Morgan fingerprint density at radius 1 is 1.50 bits per heavy atom. The Kier molecular flexibility index (Phi) is 3.30. The van der Waals surface area contributed by atoms with Crippen LogP contribution in [0.25, 0.3) is 0 Å². The van der Waals surface area contributed by atoms with Crippen LogP contribution in [-0.4, -0.2) is 24.5 Å². The maximum atomic E-state index is 11.4. The van der Waals surface area contributed by atoms with Crippen molar-refractivity contribution in [2.24, 2.45) is 5.73 Å². The van der Waals surface area contributed by atoms with Crippen LogP contribution in [0.15, 0.2) is 18.2 Å². The number of benzene rings is 1. The van der Waals surface area contributed by atoms with Crippen molar-refractivity contribution < 1.29 is 9.53 Å². The van der Waals surface area contributed by atoms with Crippen molar-refractivity contribution in [1.82, 2.24) is 0 Å². The third-order valence-corrected chi connectivity index (χ3v) is 2.97. The van der Waals surface area contributed by atoms with Gasteiger partial charge >= 0.3 is 0 Å². The average molecular weight is 248 g/mol. The third kappa shape index (κ3) is 2.64. The highest BCUT2D eigenvalue weighted by Crippen LogP contribution is 2.37. The fourth-order valence-electron chi connectivity index (χ4n) is 2.31. The molecule has 0 fully saturated rings. The molecule has 4 nitrogen and oxygen atoms in total. The van der Waals surface area contributed by atoms with Gasteiger partial charge in [0.25, 0.3) is 0 Å². The molecule has 0 atom stereocenters. The van der Waals surface area contributed by atoms with Gasteiger partial charge in [-0.25, -0.2) is 0 Å². The summed E-state index contributed by atoms with van der Waals surface area (Å²) in [6.45, 7) is 7.28. The standard InChI is InChI=1S/C14H20N2O2/c1-10(17)8-16-9-14(2,3)18-13-6-11(7-15)4-5-12(13)16/h4-6H,7-9,15H2,1-3H3. The SMILES string of the molecule is CC(=O)CN1CC(C)(C)Oc2cc(CN)ccc21. The molecule has 0 spiro atoms. The molecule has 1 aromatic rings. The number of rotatable bonds is 3. The van der Waals surface area contributed by atoms with E-state index < -0.39 is 0 Å². The molecule has 1 aliphatic heterocycles. The van der Waals surface area contributed by atoms with Crippen LogP contribution in [0.2, 0.25) is 0 Å². The van der Waals surface area contributed by atoms with Gasteiger partial charge < -0.3 is 15.4 Å². The highest BCUT2D eigenvalue weighted by atomic mass is 16.5. The van der Waals surface area contributed by atoms with Gasteiger partial charge in [-0.3, -0.25) is 4.79 Å². The molecule has 1 aromatic carbocycles. The van der Waals surface area contributed by atoms with Gasteiger partial charge in [-0.15, -0.1) is 0 Å². The number of ether oxygens (including phenoxy) is 1. The Morgan fingerprint density at radius 2 is 2.22 bits per heavy atom. The van der Waals surface area contributed by atoms with E-state index in [-0.39, 0.29) is 11.4 Å². The first-order valence-corrected chi connectivity index (χ1v) is 6.18. The fraction of sp³-hybridized carbons (Fsp3) is 0.500. The summed E-state index contributed by atoms with van der Waals surface area (Å²) < 4.78 is 5.97. The van der Waals surface area contributed by atoms with E-state index in [4.69, 9.17) is 10.5 Å². The Morgan fingerprint density at radius 3 is 2.83 bits per heavy atom.